The predicted molar refractivity (Wildman–Crippen MR) is 82.2 cm³/mol. The Hall–Kier alpha value is -1.19. The van der Waals surface area contributed by atoms with Crippen molar-refractivity contribution in [1.29, 1.82) is 0 Å². The van der Waals surface area contributed by atoms with Crippen LogP contribution in [-0.2, 0) is 0 Å². The number of benzene rings is 1. The van der Waals surface area contributed by atoms with Crippen LogP contribution >= 0.6 is 23.2 Å². The molecule has 20 heavy (non-hydrogen) atoms. The fourth-order valence-electron chi connectivity index (χ4n) is 2.93. The smallest absolute Gasteiger partial charge is 0.230 e. The number of aromatic nitrogens is 1. The van der Waals surface area contributed by atoms with E-state index in [1.807, 2.05) is 6.07 Å². The maximum atomic E-state index is 6.29. The molecule has 1 saturated carbocycles. The molecule has 3 rings (SSSR count). The molecular weight excluding hydrogens is 295 g/mol. The molecule has 0 bridgehead atoms. The first-order valence-electron chi connectivity index (χ1n) is 6.87. The van der Waals surface area contributed by atoms with Gasteiger partial charge in [0.05, 0.1) is 16.3 Å². The molecule has 1 aromatic heterocycles. The monoisotopic (exact) mass is 310 g/mol. The van der Waals surface area contributed by atoms with Crippen molar-refractivity contribution in [1.82, 2.24) is 5.16 Å². The molecule has 106 valence electrons. The van der Waals surface area contributed by atoms with Gasteiger partial charge in [0.25, 0.3) is 0 Å². The highest BCUT2D eigenvalue weighted by atomic mass is 35.5. The van der Waals surface area contributed by atoms with E-state index in [1.54, 1.807) is 12.1 Å². The number of rotatable bonds is 2. The summed E-state index contributed by atoms with van der Waals surface area (Å²) in [6.45, 7) is 0. The lowest BCUT2D eigenvalue weighted by atomic mass is 9.84. The highest BCUT2D eigenvalue weighted by Gasteiger charge is 2.26. The molecule has 0 aliphatic heterocycles. The van der Waals surface area contributed by atoms with Crippen LogP contribution in [0, 0.1) is 0 Å². The standard InChI is InChI=1S/C15H16Cl2N2O/c16-10-6-7-11(12(17)8-10)13-14(19-20-15(13)18)9-4-2-1-3-5-9/h6-9H,1-5,18H2. The van der Waals surface area contributed by atoms with Gasteiger partial charge in [0.1, 0.15) is 0 Å². The van der Waals surface area contributed by atoms with Gasteiger partial charge in [-0.2, -0.15) is 0 Å². The van der Waals surface area contributed by atoms with Crippen molar-refractivity contribution in [2.45, 2.75) is 38.0 Å². The van der Waals surface area contributed by atoms with Crippen molar-refractivity contribution < 1.29 is 4.52 Å². The van der Waals surface area contributed by atoms with Gasteiger partial charge in [-0.05, 0) is 25.0 Å². The lowest BCUT2D eigenvalue weighted by molar-refractivity contribution is 0.388. The Morgan fingerprint density at radius 2 is 1.90 bits per heavy atom. The van der Waals surface area contributed by atoms with Crippen LogP contribution in [0.25, 0.3) is 11.1 Å². The molecule has 0 saturated heterocycles. The first-order valence-corrected chi connectivity index (χ1v) is 7.63. The third-order valence-corrected chi connectivity index (χ3v) is 4.49. The third kappa shape index (κ3) is 2.52. The van der Waals surface area contributed by atoms with Gasteiger partial charge in [0.2, 0.25) is 5.88 Å². The minimum Gasteiger partial charge on any atom is -0.367 e. The Balaban J connectivity index is 2.06. The fraction of sp³-hybridized carbons (Fsp3) is 0.400. The summed E-state index contributed by atoms with van der Waals surface area (Å²) in [5, 5.41) is 5.37. The average Bonchev–Trinajstić information content (AvgIpc) is 2.82. The van der Waals surface area contributed by atoms with E-state index in [2.05, 4.69) is 5.16 Å². The summed E-state index contributed by atoms with van der Waals surface area (Å²) >= 11 is 12.2. The highest BCUT2D eigenvalue weighted by Crippen LogP contribution is 2.42. The summed E-state index contributed by atoms with van der Waals surface area (Å²) in [7, 11) is 0. The van der Waals surface area contributed by atoms with Gasteiger partial charge in [0.15, 0.2) is 0 Å². The van der Waals surface area contributed by atoms with Gasteiger partial charge in [0, 0.05) is 16.5 Å². The average molecular weight is 311 g/mol. The van der Waals surface area contributed by atoms with Crippen LogP contribution in [0.3, 0.4) is 0 Å². The first-order chi connectivity index (χ1) is 9.66. The largest absolute Gasteiger partial charge is 0.367 e. The lowest BCUT2D eigenvalue weighted by Crippen LogP contribution is -2.06. The van der Waals surface area contributed by atoms with Gasteiger partial charge in [-0.3, -0.25) is 0 Å². The van der Waals surface area contributed by atoms with Crippen LogP contribution in [0.5, 0.6) is 0 Å². The molecule has 3 nitrogen and oxygen atoms in total. The molecule has 1 heterocycles. The van der Waals surface area contributed by atoms with Crippen LogP contribution in [0.2, 0.25) is 10.0 Å². The Bertz CT molecular complexity index is 618. The summed E-state index contributed by atoms with van der Waals surface area (Å²) in [5.74, 6) is 0.737. The van der Waals surface area contributed by atoms with E-state index in [1.165, 1.54) is 19.3 Å². The molecule has 5 heteroatoms. The Kier molecular flexibility index (Phi) is 3.90. The van der Waals surface area contributed by atoms with Gasteiger partial charge in [-0.1, -0.05) is 53.7 Å². The fourth-order valence-corrected chi connectivity index (χ4v) is 3.44. The van der Waals surface area contributed by atoms with E-state index in [0.717, 1.165) is 29.7 Å². The zero-order valence-corrected chi connectivity index (χ0v) is 12.5. The highest BCUT2D eigenvalue weighted by molar-refractivity contribution is 6.36. The van der Waals surface area contributed by atoms with Gasteiger partial charge < -0.3 is 10.3 Å². The molecule has 0 unspecified atom stereocenters. The summed E-state index contributed by atoms with van der Waals surface area (Å²) in [5.41, 5.74) is 8.58. The number of nitrogens with zero attached hydrogens (tertiary/aromatic N) is 1. The van der Waals surface area contributed by atoms with Crippen molar-refractivity contribution in [3.8, 4) is 11.1 Å². The van der Waals surface area contributed by atoms with Crippen LogP contribution in [0.15, 0.2) is 22.7 Å². The van der Waals surface area contributed by atoms with Crippen molar-refractivity contribution in [3.05, 3.63) is 33.9 Å². The molecule has 0 atom stereocenters. The topological polar surface area (TPSA) is 52.0 Å². The number of hydrogen-bond donors (Lipinski definition) is 1. The van der Waals surface area contributed by atoms with Gasteiger partial charge >= 0.3 is 0 Å². The molecule has 2 N–H and O–H groups in total. The molecule has 0 amide bonds. The van der Waals surface area contributed by atoms with Crippen molar-refractivity contribution in [2.24, 2.45) is 0 Å². The maximum Gasteiger partial charge on any atom is 0.230 e. The molecule has 0 radical (unpaired) electrons. The molecule has 1 fully saturated rings. The summed E-state index contributed by atoms with van der Waals surface area (Å²) in [4.78, 5) is 0. The first kappa shape index (κ1) is 13.8. The number of nitrogen functional groups attached to an aromatic ring is 1. The van der Waals surface area contributed by atoms with Crippen LogP contribution in [0.1, 0.15) is 43.7 Å². The Labute approximate surface area is 128 Å². The summed E-state index contributed by atoms with van der Waals surface area (Å²) in [6.07, 6.45) is 6.01. The van der Waals surface area contributed by atoms with Crippen molar-refractivity contribution in [3.63, 3.8) is 0 Å². The zero-order chi connectivity index (χ0) is 14.1. The minimum atomic E-state index is 0.329. The SMILES string of the molecule is Nc1onc(C2CCCCC2)c1-c1ccc(Cl)cc1Cl. The van der Waals surface area contributed by atoms with Crippen molar-refractivity contribution >= 4 is 29.1 Å². The molecule has 1 aromatic carbocycles. The number of nitrogens with two attached hydrogens (primary N) is 1. The predicted octanol–water partition coefficient (Wildman–Crippen LogP) is 5.28. The molecule has 2 aromatic rings. The number of hydrogen-bond acceptors (Lipinski definition) is 3. The van der Waals surface area contributed by atoms with E-state index in [-0.39, 0.29) is 0 Å². The van der Waals surface area contributed by atoms with Gasteiger partial charge in [-0.25, -0.2) is 0 Å². The summed E-state index contributed by atoms with van der Waals surface area (Å²) < 4.78 is 5.22. The van der Waals surface area contributed by atoms with E-state index < -0.39 is 0 Å². The van der Waals surface area contributed by atoms with Gasteiger partial charge in [-0.15, -0.1) is 0 Å². The summed E-state index contributed by atoms with van der Waals surface area (Å²) in [6, 6.07) is 5.40. The third-order valence-electron chi connectivity index (χ3n) is 3.94. The molecule has 0 spiro atoms. The maximum absolute atomic E-state index is 6.29. The van der Waals surface area contributed by atoms with Crippen LogP contribution in [-0.4, -0.2) is 5.16 Å². The second kappa shape index (κ2) is 5.66. The Morgan fingerprint density at radius 3 is 2.60 bits per heavy atom. The van der Waals surface area contributed by atoms with E-state index in [4.69, 9.17) is 33.5 Å². The molecular formula is C15H16Cl2N2O. The minimum absolute atomic E-state index is 0.329. The normalized spacial score (nSPS) is 16.5. The molecule has 1 aliphatic rings. The second-order valence-corrected chi connectivity index (χ2v) is 6.11. The molecule has 1 aliphatic carbocycles. The van der Waals surface area contributed by atoms with Crippen LogP contribution in [0.4, 0.5) is 5.88 Å². The number of halogens is 2. The second-order valence-electron chi connectivity index (χ2n) is 5.27. The van der Waals surface area contributed by atoms with Crippen LogP contribution < -0.4 is 5.73 Å². The zero-order valence-electron chi connectivity index (χ0n) is 11.0. The Morgan fingerprint density at radius 1 is 1.15 bits per heavy atom. The van der Waals surface area contributed by atoms with E-state index >= 15 is 0 Å². The number of anilines is 1. The van der Waals surface area contributed by atoms with Crippen molar-refractivity contribution in [2.75, 3.05) is 5.73 Å². The lowest BCUT2D eigenvalue weighted by Gasteiger charge is -2.20. The van der Waals surface area contributed by atoms with E-state index in [0.29, 0.717) is 21.8 Å². The quantitative estimate of drug-likeness (QED) is 0.821. The van der Waals surface area contributed by atoms with E-state index in [9.17, 15) is 0 Å².